The summed E-state index contributed by atoms with van der Waals surface area (Å²) >= 11 is 0. The molecule has 0 aliphatic rings. The van der Waals surface area contributed by atoms with E-state index in [1.54, 1.807) is 6.92 Å². The molecular formula is C48H92O12. The summed E-state index contributed by atoms with van der Waals surface area (Å²) < 4.78 is 16.4. The highest BCUT2D eigenvalue weighted by Gasteiger charge is 2.19. The molecule has 0 radical (unpaired) electrons. The highest BCUT2D eigenvalue weighted by molar-refractivity contribution is 5.75. The fourth-order valence-corrected chi connectivity index (χ4v) is 5.95. The lowest BCUT2D eigenvalue weighted by Gasteiger charge is -2.18. The van der Waals surface area contributed by atoms with Crippen molar-refractivity contribution in [2.75, 3.05) is 26.4 Å². The van der Waals surface area contributed by atoms with Crippen LogP contribution in [0.3, 0.4) is 0 Å². The van der Waals surface area contributed by atoms with Crippen LogP contribution in [0.25, 0.3) is 0 Å². The van der Waals surface area contributed by atoms with Crippen molar-refractivity contribution in [1.82, 2.24) is 0 Å². The zero-order valence-corrected chi connectivity index (χ0v) is 39.1. The van der Waals surface area contributed by atoms with Gasteiger partial charge in [-0.25, -0.2) is 0 Å². The minimum atomic E-state index is -0.954. The maximum Gasteiger partial charge on any atom is 0.373 e. The Balaban J connectivity index is -0.000000607. The molecule has 0 aliphatic carbocycles. The zero-order valence-electron chi connectivity index (χ0n) is 39.1. The Kier molecular flexibility index (Phi) is 60.1. The second-order valence-corrected chi connectivity index (χ2v) is 15.8. The number of carbonyl (C=O) groups is 4. The van der Waals surface area contributed by atoms with Gasteiger partial charge in [0.2, 0.25) is 0 Å². The van der Waals surface area contributed by atoms with Gasteiger partial charge in [0.25, 0.3) is 0 Å². The van der Waals surface area contributed by atoms with Crippen molar-refractivity contribution < 1.29 is 58.3 Å². The molecule has 0 bridgehead atoms. The average molecular weight is 861 g/mol. The topological polar surface area (TPSA) is 191 Å². The second kappa shape index (κ2) is 56.3. The Hall–Kier alpha value is -2.66. The van der Waals surface area contributed by atoms with Crippen LogP contribution in [0, 0.1) is 0 Å². The minimum absolute atomic E-state index is 0.0667. The van der Waals surface area contributed by atoms with Crippen molar-refractivity contribution in [3.05, 3.63) is 0 Å². The molecule has 0 aromatic carbocycles. The SMILES string of the molecule is CCCCCCCCCC(=O)OCC(COC(=O)CCCCCCCCC)OC(=O)CCCCCCCCC.CCCCCCCCCC(C)=O.O=C=O.OCC(O)CO. The first-order valence-corrected chi connectivity index (χ1v) is 23.9. The maximum absolute atomic E-state index is 12.4. The highest BCUT2D eigenvalue weighted by Crippen LogP contribution is 2.13. The Morgan fingerprint density at radius 3 is 0.933 bits per heavy atom. The predicted molar refractivity (Wildman–Crippen MR) is 238 cm³/mol. The van der Waals surface area contributed by atoms with Gasteiger partial charge in [0.05, 0.1) is 13.2 Å². The molecule has 0 aromatic rings. The molecule has 0 rings (SSSR count). The lowest BCUT2D eigenvalue weighted by Crippen LogP contribution is -2.30. The summed E-state index contributed by atoms with van der Waals surface area (Å²) in [6.07, 6.45) is 33.2. The first-order chi connectivity index (χ1) is 29.0. The summed E-state index contributed by atoms with van der Waals surface area (Å²) in [5, 5.41) is 24.0. The molecule has 0 atom stereocenters. The molecule has 0 heterocycles. The molecule has 60 heavy (non-hydrogen) atoms. The Morgan fingerprint density at radius 1 is 0.433 bits per heavy atom. The van der Waals surface area contributed by atoms with Crippen molar-refractivity contribution in [2.24, 2.45) is 0 Å². The van der Waals surface area contributed by atoms with E-state index >= 15 is 0 Å². The number of rotatable bonds is 39. The fourth-order valence-electron chi connectivity index (χ4n) is 5.95. The van der Waals surface area contributed by atoms with Crippen LogP contribution in [0.5, 0.6) is 0 Å². The summed E-state index contributed by atoms with van der Waals surface area (Å²) in [4.78, 5) is 63.7. The molecule has 0 fully saturated rings. The number of esters is 3. The molecule has 0 amide bonds. The normalized spacial score (nSPS) is 10.4. The Morgan fingerprint density at radius 2 is 0.683 bits per heavy atom. The molecule has 3 N–H and O–H groups in total. The molecule has 0 saturated carbocycles. The van der Waals surface area contributed by atoms with E-state index in [2.05, 4.69) is 27.7 Å². The third kappa shape index (κ3) is 62.0. The molecule has 0 spiro atoms. The van der Waals surface area contributed by atoms with E-state index in [4.69, 9.17) is 39.1 Å². The molecule has 12 heteroatoms. The van der Waals surface area contributed by atoms with E-state index in [-0.39, 0.29) is 50.5 Å². The number of ketones is 1. The first kappa shape index (κ1) is 64.0. The van der Waals surface area contributed by atoms with E-state index in [0.717, 1.165) is 70.6 Å². The second-order valence-electron chi connectivity index (χ2n) is 15.8. The quantitative estimate of drug-likeness (QED) is 0.0301. The lowest BCUT2D eigenvalue weighted by atomic mass is 10.1. The van der Waals surface area contributed by atoms with Crippen LogP contribution < -0.4 is 0 Å². The van der Waals surface area contributed by atoms with Crippen LogP contribution >= 0.6 is 0 Å². The molecule has 0 aliphatic heterocycles. The maximum atomic E-state index is 12.4. The van der Waals surface area contributed by atoms with Gasteiger partial charge in [-0.15, -0.1) is 0 Å². The third-order valence-corrected chi connectivity index (χ3v) is 9.67. The highest BCUT2D eigenvalue weighted by atomic mass is 16.6. The van der Waals surface area contributed by atoms with Crippen LogP contribution in [0.4, 0.5) is 0 Å². The van der Waals surface area contributed by atoms with Gasteiger partial charge >= 0.3 is 24.1 Å². The number of Topliss-reactive ketones (excluding diaryl/α,β-unsaturated/α-hetero) is 1. The van der Waals surface area contributed by atoms with Crippen molar-refractivity contribution in [1.29, 1.82) is 0 Å². The molecule has 12 nitrogen and oxygen atoms in total. The minimum Gasteiger partial charge on any atom is -0.462 e. The van der Waals surface area contributed by atoms with Gasteiger partial charge in [0, 0.05) is 25.7 Å². The van der Waals surface area contributed by atoms with Crippen molar-refractivity contribution in [3.63, 3.8) is 0 Å². The van der Waals surface area contributed by atoms with E-state index < -0.39 is 12.2 Å². The average Bonchev–Trinajstić information content (AvgIpc) is 3.23. The van der Waals surface area contributed by atoms with Gasteiger partial charge in [-0.3, -0.25) is 14.4 Å². The molecular weight excluding hydrogens is 769 g/mol. The molecule has 0 unspecified atom stereocenters. The number of aliphatic hydroxyl groups excluding tert-OH is 3. The van der Waals surface area contributed by atoms with Gasteiger partial charge in [-0.2, -0.15) is 9.59 Å². The first-order valence-electron chi connectivity index (χ1n) is 23.9. The Bertz CT molecular complexity index is 914. The third-order valence-electron chi connectivity index (χ3n) is 9.67. The van der Waals surface area contributed by atoms with Gasteiger partial charge in [0.15, 0.2) is 6.10 Å². The van der Waals surface area contributed by atoms with Crippen molar-refractivity contribution in [3.8, 4) is 0 Å². The summed E-state index contributed by atoms with van der Waals surface area (Å²) in [6, 6.07) is 0. The van der Waals surface area contributed by atoms with Gasteiger partial charge < -0.3 is 34.3 Å². The zero-order chi connectivity index (χ0) is 45.7. The van der Waals surface area contributed by atoms with E-state index in [1.807, 2.05) is 0 Å². The van der Waals surface area contributed by atoms with E-state index in [0.29, 0.717) is 25.0 Å². The van der Waals surface area contributed by atoms with E-state index in [1.165, 1.54) is 116 Å². The van der Waals surface area contributed by atoms with Gasteiger partial charge in [-0.05, 0) is 32.6 Å². The van der Waals surface area contributed by atoms with Crippen LogP contribution in [-0.2, 0) is 43.0 Å². The van der Waals surface area contributed by atoms with Crippen molar-refractivity contribution in [2.45, 2.75) is 252 Å². The molecule has 0 aromatic heterocycles. The summed E-state index contributed by atoms with van der Waals surface area (Å²) in [5.41, 5.74) is 0. The number of carbonyl (C=O) groups excluding carboxylic acids is 6. The van der Waals surface area contributed by atoms with Crippen LogP contribution in [-0.4, -0.2) is 83.8 Å². The molecule has 356 valence electrons. The number of aliphatic hydroxyl groups is 3. The number of hydrogen-bond donors (Lipinski definition) is 3. The van der Waals surface area contributed by atoms with Gasteiger partial charge in [-0.1, -0.05) is 182 Å². The summed E-state index contributed by atoms with van der Waals surface area (Å²) in [7, 11) is 0. The summed E-state index contributed by atoms with van der Waals surface area (Å²) in [6.45, 7) is 9.65. The van der Waals surface area contributed by atoms with Gasteiger partial charge in [0.1, 0.15) is 25.1 Å². The van der Waals surface area contributed by atoms with Crippen LogP contribution in [0.1, 0.15) is 240 Å². The predicted octanol–water partition coefficient (Wildman–Crippen LogP) is 10.9. The fraction of sp³-hybridized carbons (Fsp3) is 0.896. The summed E-state index contributed by atoms with van der Waals surface area (Å²) in [5.74, 6) is -0.555. The van der Waals surface area contributed by atoms with E-state index in [9.17, 15) is 19.2 Å². The van der Waals surface area contributed by atoms with Crippen molar-refractivity contribution >= 4 is 29.8 Å². The monoisotopic (exact) mass is 861 g/mol. The number of hydrogen-bond acceptors (Lipinski definition) is 12. The number of unbranched alkanes of at least 4 members (excludes halogenated alkanes) is 24. The largest absolute Gasteiger partial charge is 0.462 e. The smallest absolute Gasteiger partial charge is 0.373 e. The Labute approximate surface area is 366 Å². The van der Waals surface area contributed by atoms with Crippen LogP contribution in [0.15, 0.2) is 0 Å². The number of ether oxygens (including phenoxy) is 3. The lowest BCUT2D eigenvalue weighted by molar-refractivity contribution is -0.191. The molecule has 0 saturated heterocycles. The van der Waals surface area contributed by atoms with Crippen LogP contribution in [0.2, 0.25) is 0 Å². The standard InChI is InChI=1S/C33H62O6.C11H22O.C3H8O3.CO2/c1-4-7-10-13-16-19-22-25-31(34)37-28-30(39-33(36)27-24-21-18-15-12-9-6-3)29-38-32(35)26-23-20-17-14-11-8-5-2;1-3-4-5-6-7-8-9-10-11(2)12;4-1-3(6)2-5;2-1-3/h30H,4-29H2,1-3H3;3-10H2,1-2H3;3-6H,1-2H2;.